The van der Waals surface area contributed by atoms with Crippen molar-refractivity contribution in [2.45, 2.75) is 6.42 Å². The van der Waals surface area contributed by atoms with Crippen LogP contribution >= 0.6 is 15.9 Å². The fraction of sp³-hybridized carbons (Fsp3) is 0.231. The van der Waals surface area contributed by atoms with Crippen LogP contribution in [0.4, 0.5) is 5.82 Å². The van der Waals surface area contributed by atoms with Gasteiger partial charge in [-0.2, -0.15) is 0 Å². The number of anilines is 1. The maximum atomic E-state index is 4.36. The lowest BCUT2D eigenvalue weighted by Crippen LogP contribution is -2.21. The Hall–Kier alpha value is -1.42. The van der Waals surface area contributed by atoms with E-state index in [1.165, 1.54) is 5.56 Å². The van der Waals surface area contributed by atoms with Crippen molar-refractivity contribution in [1.29, 1.82) is 0 Å². The molecule has 2 aromatic heterocycles. The first kappa shape index (κ1) is 12.0. The highest BCUT2D eigenvalue weighted by Crippen LogP contribution is 2.13. The summed E-state index contributed by atoms with van der Waals surface area (Å²) in [4.78, 5) is 10.5. The quantitative estimate of drug-likeness (QED) is 0.867. The van der Waals surface area contributed by atoms with Crippen molar-refractivity contribution < 1.29 is 0 Å². The van der Waals surface area contributed by atoms with E-state index in [0.29, 0.717) is 0 Å². The zero-order valence-electron chi connectivity index (χ0n) is 9.68. The minimum Gasteiger partial charge on any atom is -0.359 e. The summed E-state index contributed by atoms with van der Waals surface area (Å²) in [5.41, 5.74) is 1.30. The third kappa shape index (κ3) is 3.53. The first-order chi connectivity index (χ1) is 8.25. The maximum absolute atomic E-state index is 4.36. The van der Waals surface area contributed by atoms with E-state index in [2.05, 4.69) is 37.8 Å². The molecule has 4 heteroatoms. The molecular weight excluding hydrogens is 278 g/mol. The van der Waals surface area contributed by atoms with Gasteiger partial charge in [-0.05, 0) is 52.2 Å². The maximum Gasteiger partial charge on any atom is 0.128 e. The highest BCUT2D eigenvalue weighted by molar-refractivity contribution is 9.10. The van der Waals surface area contributed by atoms with Gasteiger partial charge in [-0.3, -0.25) is 4.98 Å². The van der Waals surface area contributed by atoms with Crippen molar-refractivity contribution in [3.05, 3.63) is 52.9 Å². The van der Waals surface area contributed by atoms with E-state index in [9.17, 15) is 0 Å². The molecule has 0 amide bonds. The van der Waals surface area contributed by atoms with Gasteiger partial charge in [0.2, 0.25) is 0 Å². The van der Waals surface area contributed by atoms with E-state index in [0.717, 1.165) is 23.3 Å². The van der Waals surface area contributed by atoms with Crippen molar-refractivity contribution in [3.8, 4) is 0 Å². The molecule has 0 bridgehead atoms. The molecule has 3 nitrogen and oxygen atoms in total. The van der Waals surface area contributed by atoms with Gasteiger partial charge >= 0.3 is 0 Å². The van der Waals surface area contributed by atoms with Crippen LogP contribution in [0.3, 0.4) is 0 Å². The van der Waals surface area contributed by atoms with Crippen molar-refractivity contribution in [1.82, 2.24) is 9.97 Å². The fourth-order valence-electron chi connectivity index (χ4n) is 1.55. The predicted molar refractivity (Wildman–Crippen MR) is 73.1 cm³/mol. The molecule has 0 saturated carbocycles. The highest BCUT2D eigenvalue weighted by Gasteiger charge is 2.02. The largest absolute Gasteiger partial charge is 0.359 e. The molecular formula is C13H14BrN3. The lowest BCUT2D eigenvalue weighted by molar-refractivity contribution is 0.858. The van der Waals surface area contributed by atoms with Crippen LogP contribution in [0.2, 0.25) is 0 Å². The standard InChI is InChI=1S/C13H14BrN3/c1-17(13-3-2-12(14)10-16-13)9-6-11-4-7-15-8-5-11/h2-5,7-8,10H,6,9H2,1H3. The molecule has 0 radical (unpaired) electrons. The Morgan fingerprint density at radius 1 is 1.18 bits per heavy atom. The lowest BCUT2D eigenvalue weighted by atomic mass is 10.2. The van der Waals surface area contributed by atoms with Gasteiger partial charge in [-0.15, -0.1) is 0 Å². The van der Waals surface area contributed by atoms with E-state index in [1.54, 1.807) is 0 Å². The molecule has 2 rings (SSSR count). The Kier molecular flexibility index (Phi) is 4.09. The summed E-state index contributed by atoms with van der Waals surface area (Å²) >= 11 is 3.38. The Bertz CT molecular complexity index is 456. The summed E-state index contributed by atoms with van der Waals surface area (Å²) in [5, 5.41) is 0. The molecule has 0 unspecified atom stereocenters. The van der Waals surface area contributed by atoms with Crippen LogP contribution in [0.15, 0.2) is 47.3 Å². The molecule has 17 heavy (non-hydrogen) atoms. The first-order valence-electron chi connectivity index (χ1n) is 5.47. The Balaban J connectivity index is 1.93. The Labute approximate surface area is 110 Å². The molecule has 2 aromatic rings. The number of hydrogen-bond donors (Lipinski definition) is 0. The molecule has 88 valence electrons. The van der Waals surface area contributed by atoms with Crippen LogP contribution in [0.25, 0.3) is 0 Å². The number of aromatic nitrogens is 2. The van der Waals surface area contributed by atoms with E-state index >= 15 is 0 Å². The van der Waals surface area contributed by atoms with Crippen LogP contribution in [-0.2, 0) is 6.42 Å². The fourth-order valence-corrected chi connectivity index (χ4v) is 1.79. The molecule has 0 aliphatic rings. The average molecular weight is 292 g/mol. The number of likely N-dealkylation sites (N-methyl/N-ethyl adjacent to an activating group) is 1. The number of hydrogen-bond acceptors (Lipinski definition) is 3. The summed E-state index contributed by atoms with van der Waals surface area (Å²) in [6, 6.07) is 8.10. The van der Waals surface area contributed by atoms with Crippen LogP contribution in [0.1, 0.15) is 5.56 Å². The zero-order valence-corrected chi connectivity index (χ0v) is 11.3. The van der Waals surface area contributed by atoms with Gasteiger partial charge in [0.15, 0.2) is 0 Å². The number of pyridine rings is 2. The van der Waals surface area contributed by atoms with Gasteiger partial charge in [0, 0.05) is 36.7 Å². The molecule has 0 spiro atoms. The lowest BCUT2D eigenvalue weighted by Gasteiger charge is -2.17. The van der Waals surface area contributed by atoms with Gasteiger partial charge in [-0.1, -0.05) is 0 Å². The van der Waals surface area contributed by atoms with E-state index in [1.807, 2.05) is 42.9 Å². The molecule has 0 atom stereocenters. The molecule has 0 fully saturated rings. The summed E-state index contributed by atoms with van der Waals surface area (Å²) in [6.45, 7) is 0.943. The Morgan fingerprint density at radius 2 is 1.94 bits per heavy atom. The van der Waals surface area contributed by atoms with Crippen LogP contribution in [0, 0.1) is 0 Å². The van der Waals surface area contributed by atoms with E-state index in [-0.39, 0.29) is 0 Å². The first-order valence-corrected chi connectivity index (χ1v) is 6.26. The second-order valence-electron chi connectivity index (χ2n) is 3.86. The molecule has 2 heterocycles. The van der Waals surface area contributed by atoms with E-state index in [4.69, 9.17) is 0 Å². The normalized spacial score (nSPS) is 10.2. The van der Waals surface area contributed by atoms with Gasteiger partial charge in [0.1, 0.15) is 5.82 Å². The monoisotopic (exact) mass is 291 g/mol. The topological polar surface area (TPSA) is 29.0 Å². The van der Waals surface area contributed by atoms with Gasteiger partial charge in [0.05, 0.1) is 0 Å². The second-order valence-corrected chi connectivity index (χ2v) is 4.78. The van der Waals surface area contributed by atoms with Crippen LogP contribution in [0.5, 0.6) is 0 Å². The highest BCUT2D eigenvalue weighted by atomic mass is 79.9. The minimum atomic E-state index is 0.943. The number of rotatable bonds is 4. The second kappa shape index (κ2) is 5.77. The van der Waals surface area contributed by atoms with Gasteiger partial charge in [-0.25, -0.2) is 4.98 Å². The molecule has 0 aromatic carbocycles. The van der Waals surface area contributed by atoms with Crippen molar-refractivity contribution >= 4 is 21.7 Å². The molecule has 0 N–H and O–H groups in total. The van der Waals surface area contributed by atoms with Crippen molar-refractivity contribution in [2.24, 2.45) is 0 Å². The number of halogens is 1. The molecule has 0 aliphatic carbocycles. The molecule has 0 aliphatic heterocycles. The van der Waals surface area contributed by atoms with Crippen LogP contribution < -0.4 is 4.90 Å². The van der Waals surface area contributed by atoms with Crippen molar-refractivity contribution in [3.63, 3.8) is 0 Å². The Morgan fingerprint density at radius 3 is 2.59 bits per heavy atom. The zero-order chi connectivity index (χ0) is 12.1. The average Bonchev–Trinajstić information content (AvgIpc) is 2.38. The van der Waals surface area contributed by atoms with E-state index < -0.39 is 0 Å². The minimum absolute atomic E-state index is 0.943. The number of nitrogens with zero attached hydrogens (tertiary/aromatic N) is 3. The van der Waals surface area contributed by atoms with Gasteiger partial charge < -0.3 is 4.90 Å². The van der Waals surface area contributed by atoms with Gasteiger partial charge in [0.25, 0.3) is 0 Å². The van der Waals surface area contributed by atoms with Crippen LogP contribution in [-0.4, -0.2) is 23.6 Å². The predicted octanol–water partition coefficient (Wildman–Crippen LogP) is 2.92. The summed E-state index contributed by atoms with van der Waals surface area (Å²) in [7, 11) is 2.05. The summed E-state index contributed by atoms with van der Waals surface area (Å²) in [6.07, 6.45) is 6.47. The third-order valence-corrected chi connectivity index (χ3v) is 3.06. The summed E-state index contributed by atoms with van der Waals surface area (Å²) < 4.78 is 1.00. The van der Waals surface area contributed by atoms with Crippen molar-refractivity contribution in [2.75, 3.05) is 18.5 Å². The smallest absolute Gasteiger partial charge is 0.128 e. The SMILES string of the molecule is CN(CCc1ccncc1)c1ccc(Br)cn1. The third-order valence-electron chi connectivity index (χ3n) is 2.59. The molecule has 0 saturated heterocycles. The summed E-state index contributed by atoms with van der Waals surface area (Å²) in [5.74, 6) is 0.988.